The average molecular weight is 336 g/mol. The number of benzene rings is 1. The van der Waals surface area contributed by atoms with Gasteiger partial charge < -0.3 is 4.57 Å². The zero-order valence-electron chi connectivity index (χ0n) is 13.2. The molecule has 25 heavy (non-hydrogen) atoms. The molecular formula is C17H13FN6O. The zero-order valence-corrected chi connectivity index (χ0v) is 13.2. The molecule has 0 bridgehead atoms. The highest BCUT2D eigenvalue weighted by atomic mass is 19.1. The molecule has 0 fully saturated rings. The Labute approximate surface area is 141 Å². The van der Waals surface area contributed by atoms with Gasteiger partial charge in [0.15, 0.2) is 5.65 Å². The minimum Gasteiger partial charge on any atom is -0.304 e. The van der Waals surface area contributed by atoms with Crippen molar-refractivity contribution in [3.63, 3.8) is 0 Å². The number of nitrogens with zero attached hydrogens (tertiary/aromatic N) is 5. The largest absolute Gasteiger partial charge is 0.304 e. The molecule has 1 aromatic carbocycles. The van der Waals surface area contributed by atoms with Gasteiger partial charge in [-0.3, -0.25) is 10.1 Å². The molecule has 3 aromatic heterocycles. The fourth-order valence-electron chi connectivity index (χ4n) is 2.55. The van der Waals surface area contributed by atoms with E-state index >= 15 is 0 Å². The summed E-state index contributed by atoms with van der Waals surface area (Å²) in [5.41, 5.74) is 2.38. The van der Waals surface area contributed by atoms with Crippen LogP contribution in [0.15, 0.2) is 55.2 Å². The lowest BCUT2D eigenvalue weighted by atomic mass is 10.2. The maximum absolute atomic E-state index is 13.7. The Morgan fingerprint density at radius 2 is 2.12 bits per heavy atom. The molecule has 1 N–H and O–H groups in total. The third-order valence-corrected chi connectivity index (χ3v) is 3.78. The molecule has 4 rings (SSSR count). The van der Waals surface area contributed by atoms with Crippen LogP contribution in [-0.4, -0.2) is 30.1 Å². The van der Waals surface area contributed by atoms with Crippen LogP contribution >= 0.6 is 0 Å². The lowest BCUT2D eigenvalue weighted by Crippen LogP contribution is -2.14. The normalized spacial score (nSPS) is 11.0. The molecule has 0 aliphatic rings. The first-order valence-corrected chi connectivity index (χ1v) is 7.53. The van der Waals surface area contributed by atoms with Crippen LogP contribution in [0.5, 0.6) is 0 Å². The molecule has 124 valence electrons. The van der Waals surface area contributed by atoms with E-state index in [9.17, 15) is 9.18 Å². The van der Waals surface area contributed by atoms with Gasteiger partial charge in [-0.05, 0) is 30.7 Å². The summed E-state index contributed by atoms with van der Waals surface area (Å²) in [7, 11) is 0. The van der Waals surface area contributed by atoms with Gasteiger partial charge in [-0.1, -0.05) is 12.1 Å². The summed E-state index contributed by atoms with van der Waals surface area (Å²) in [5, 5.41) is 6.76. The number of halogens is 1. The van der Waals surface area contributed by atoms with E-state index in [4.69, 9.17) is 0 Å². The maximum Gasteiger partial charge on any atom is 0.261 e. The predicted molar refractivity (Wildman–Crippen MR) is 89.2 cm³/mol. The van der Waals surface area contributed by atoms with E-state index in [2.05, 4.69) is 20.4 Å². The highest BCUT2D eigenvalue weighted by Gasteiger charge is 2.14. The fraction of sp³-hybridized carbons (Fsp3) is 0.0588. The van der Waals surface area contributed by atoms with Crippen LogP contribution in [-0.2, 0) is 0 Å². The van der Waals surface area contributed by atoms with Crippen molar-refractivity contribution in [3.05, 3.63) is 72.2 Å². The summed E-state index contributed by atoms with van der Waals surface area (Å²) in [5.74, 6) is -1.09. The summed E-state index contributed by atoms with van der Waals surface area (Å²) in [6.07, 6.45) is 6.99. The number of nitrogens with one attached hydrogen (secondary N) is 1. The standard InChI is InChI=1S/C17H13FN6O/c1-11-8-15-20-17(21-16(25)12-4-2-3-5-13(12)18)22-24(15)9-14(11)23-7-6-19-10-23/h2-10H,1H3,(H,21,22,25). The van der Waals surface area contributed by atoms with Gasteiger partial charge in [-0.25, -0.2) is 13.9 Å². The van der Waals surface area contributed by atoms with Crippen molar-refractivity contribution in [2.75, 3.05) is 5.32 Å². The number of amides is 1. The van der Waals surface area contributed by atoms with E-state index in [0.717, 1.165) is 11.3 Å². The van der Waals surface area contributed by atoms with Crippen LogP contribution in [0.25, 0.3) is 11.3 Å². The maximum atomic E-state index is 13.7. The van der Waals surface area contributed by atoms with Crippen LogP contribution < -0.4 is 5.32 Å². The van der Waals surface area contributed by atoms with Crippen LogP contribution in [0, 0.1) is 12.7 Å². The summed E-state index contributed by atoms with van der Waals surface area (Å²) >= 11 is 0. The van der Waals surface area contributed by atoms with E-state index in [1.54, 1.807) is 29.3 Å². The third kappa shape index (κ3) is 2.74. The molecule has 0 radical (unpaired) electrons. The van der Waals surface area contributed by atoms with Crippen molar-refractivity contribution in [2.24, 2.45) is 0 Å². The Balaban J connectivity index is 1.68. The Bertz CT molecular complexity index is 1070. The molecule has 0 spiro atoms. The third-order valence-electron chi connectivity index (χ3n) is 3.78. The summed E-state index contributed by atoms with van der Waals surface area (Å²) < 4.78 is 17.1. The first-order chi connectivity index (χ1) is 12.1. The van der Waals surface area contributed by atoms with Gasteiger partial charge in [0, 0.05) is 12.4 Å². The minimum atomic E-state index is -0.597. The molecule has 0 unspecified atom stereocenters. The Morgan fingerprint density at radius 1 is 1.28 bits per heavy atom. The zero-order chi connectivity index (χ0) is 17.4. The number of aryl methyl sites for hydroxylation is 1. The number of fused-ring (bicyclic) bond motifs is 1. The second kappa shape index (κ2) is 5.82. The van der Waals surface area contributed by atoms with Crippen molar-refractivity contribution in [2.45, 2.75) is 6.92 Å². The number of carbonyl (C=O) groups is 1. The summed E-state index contributed by atoms with van der Waals surface area (Å²) in [6, 6.07) is 7.60. The van der Waals surface area contributed by atoms with E-state index in [0.29, 0.717) is 5.65 Å². The summed E-state index contributed by atoms with van der Waals surface area (Å²) in [4.78, 5) is 20.5. The number of anilines is 1. The second-order valence-corrected chi connectivity index (χ2v) is 5.48. The van der Waals surface area contributed by atoms with Gasteiger partial charge in [0.1, 0.15) is 5.82 Å². The van der Waals surface area contributed by atoms with Gasteiger partial charge in [0.25, 0.3) is 5.91 Å². The lowest BCUT2D eigenvalue weighted by molar-refractivity contribution is 0.102. The Kier molecular flexibility index (Phi) is 3.50. The van der Waals surface area contributed by atoms with Crippen LogP contribution in [0.2, 0.25) is 0 Å². The first kappa shape index (κ1) is 15.0. The number of imidazole rings is 1. The number of carbonyl (C=O) groups excluding carboxylic acids is 1. The predicted octanol–water partition coefficient (Wildman–Crippen LogP) is 2.61. The quantitative estimate of drug-likeness (QED) is 0.624. The van der Waals surface area contributed by atoms with E-state index in [1.165, 1.54) is 18.2 Å². The Morgan fingerprint density at radius 3 is 2.88 bits per heavy atom. The van der Waals surface area contributed by atoms with Gasteiger partial charge in [-0.15, -0.1) is 5.10 Å². The van der Waals surface area contributed by atoms with E-state index in [1.807, 2.05) is 23.8 Å². The van der Waals surface area contributed by atoms with Crippen molar-refractivity contribution in [3.8, 4) is 5.69 Å². The molecule has 0 atom stereocenters. The van der Waals surface area contributed by atoms with Gasteiger partial charge in [0.05, 0.1) is 23.8 Å². The van der Waals surface area contributed by atoms with Gasteiger partial charge in [-0.2, -0.15) is 4.98 Å². The second-order valence-electron chi connectivity index (χ2n) is 5.48. The number of hydrogen-bond donors (Lipinski definition) is 1. The molecule has 1 amide bonds. The van der Waals surface area contributed by atoms with E-state index < -0.39 is 11.7 Å². The average Bonchev–Trinajstić information content (AvgIpc) is 3.23. The smallest absolute Gasteiger partial charge is 0.261 e. The van der Waals surface area contributed by atoms with Crippen LogP contribution in [0.1, 0.15) is 15.9 Å². The number of pyridine rings is 1. The number of hydrogen-bond acceptors (Lipinski definition) is 4. The molecule has 0 saturated heterocycles. The van der Waals surface area contributed by atoms with Gasteiger partial charge in [0.2, 0.25) is 5.95 Å². The van der Waals surface area contributed by atoms with E-state index in [-0.39, 0.29) is 11.5 Å². The number of rotatable bonds is 3. The monoisotopic (exact) mass is 336 g/mol. The number of aromatic nitrogens is 5. The molecule has 3 heterocycles. The molecule has 4 aromatic rings. The van der Waals surface area contributed by atoms with Crippen molar-refractivity contribution < 1.29 is 9.18 Å². The summed E-state index contributed by atoms with van der Waals surface area (Å²) in [6.45, 7) is 1.95. The molecule has 7 nitrogen and oxygen atoms in total. The SMILES string of the molecule is Cc1cc2nc(NC(=O)c3ccccc3F)nn2cc1-n1ccnc1. The highest BCUT2D eigenvalue weighted by molar-refractivity contribution is 6.03. The topological polar surface area (TPSA) is 77.1 Å². The molecule has 0 aliphatic heterocycles. The van der Waals surface area contributed by atoms with Crippen molar-refractivity contribution >= 4 is 17.5 Å². The van der Waals surface area contributed by atoms with Gasteiger partial charge >= 0.3 is 0 Å². The molecule has 0 saturated carbocycles. The Hall–Kier alpha value is -3.55. The van der Waals surface area contributed by atoms with Crippen molar-refractivity contribution in [1.29, 1.82) is 0 Å². The van der Waals surface area contributed by atoms with Crippen LogP contribution in [0.3, 0.4) is 0 Å². The minimum absolute atomic E-state index is 0.0587. The highest BCUT2D eigenvalue weighted by Crippen LogP contribution is 2.17. The van der Waals surface area contributed by atoms with Crippen LogP contribution in [0.4, 0.5) is 10.3 Å². The molecule has 0 aliphatic carbocycles. The fourth-order valence-corrected chi connectivity index (χ4v) is 2.55. The van der Waals surface area contributed by atoms with Crippen molar-refractivity contribution in [1.82, 2.24) is 24.1 Å². The lowest BCUT2D eigenvalue weighted by Gasteiger charge is -2.06. The molecular weight excluding hydrogens is 323 g/mol. The molecule has 8 heteroatoms. The first-order valence-electron chi connectivity index (χ1n) is 7.53.